The molecule has 0 aromatic heterocycles. The monoisotopic (exact) mass is 326 g/mol. The molecule has 0 N–H and O–H groups in total. The van der Waals surface area contributed by atoms with E-state index in [0.717, 1.165) is 12.2 Å². The molecular formula is C12H10N2O9. The fourth-order valence-corrected chi connectivity index (χ4v) is 1.66. The first-order valence-electron chi connectivity index (χ1n) is 6.28. The number of carbonyl (C=O) groups is 6. The number of hydroxylamine groups is 2. The summed E-state index contributed by atoms with van der Waals surface area (Å²) in [5.41, 5.74) is 0. The van der Waals surface area contributed by atoms with E-state index in [9.17, 15) is 28.8 Å². The zero-order valence-corrected chi connectivity index (χ0v) is 11.6. The number of imide groups is 2. The summed E-state index contributed by atoms with van der Waals surface area (Å²) < 4.78 is 8.80. The molecule has 11 nitrogen and oxygen atoms in total. The highest BCUT2D eigenvalue weighted by molar-refractivity contribution is 6.14. The van der Waals surface area contributed by atoms with Crippen molar-refractivity contribution in [3.8, 4) is 0 Å². The summed E-state index contributed by atoms with van der Waals surface area (Å²) in [7, 11) is 0. The molecule has 0 spiro atoms. The highest BCUT2D eigenvalue weighted by Gasteiger charge is 2.33. The van der Waals surface area contributed by atoms with Crippen LogP contribution < -0.4 is 0 Å². The van der Waals surface area contributed by atoms with Gasteiger partial charge in [0.05, 0.1) is 0 Å². The second kappa shape index (κ2) is 6.68. The van der Waals surface area contributed by atoms with Crippen LogP contribution in [0.5, 0.6) is 0 Å². The van der Waals surface area contributed by atoms with Gasteiger partial charge in [0.15, 0.2) is 0 Å². The molecule has 0 aromatic rings. The van der Waals surface area contributed by atoms with Crippen LogP contribution in [0.2, 0.25) is 0 Å². The van der Waals surface area contributed by atoms with E-state index in [1.165, 1.54) is 0 Å². The van der Waals surface area contributed by atoms with Crippen LogP contribution in [0.4, 0.5) is 4.79 Å². The molecular weight excluding hydrogens is 316 g/mol. The third-order valence-corrected chi connectivity index (χ3v) is 2.76. The van der Waals surface area contributed by atoms with Crippen LogP contribution in [0, 0.1) is 0 Å². The standard InChI is InChI=1S/C12H10N2O9/c15-7-1-2-8(16)13(7)5-11(19)21-6-22-12(20)23-14-9(17)3-4-10(14)18/h1-2H,3-6H2. The summed E-state index contributed by atoms with van der Waals surface area (Å²) in [5, 5.41) is 0.261. The van der Waals surface area contributed by atoms with Crippen molar-refractivity contribution < 1.29 is 43.1 Å². The Morgan fingerprint density at radius 3 is 2.09 bits per heavy atom. The number of hydrogen-bond acceptors (Lipinski definition) is 9. The molecule has 23 heavy (non-hydrogen) atoms. The van der Waals surface area contributed by atoms with Gasteiger partial charge in [-0.25, -0.2) is 4.79 Å². The average Bonchev–Trinajstić information content (AvgIpc) is 2.97. The van der Waals surface area contributed by atoms with Crippen molar-refractivity contribution in [1.82, 2.24) is 9.96 Å². The third kappa shape index (κ3) is 3.90. The summed E-state index contributed by atoms with van der Waals surface area (Å²) in [4.78, 5) is 72.3. The maximum Gasteiger partial charge on any atom is 0.536 e. The van der Waals surface area contributed by atoms with Gasteiger partial charge in [0.2, 0.25) is 6.79 Å². The molecule has 2 aliphatic heterocycles. The maximum absolute atomic E-state index is 11.4. The van der Waals surface area contributed by atoms with E-state index >= 15 is 0 Å². The first kappa shape index (κ1) is 16.1. The molecule has 0 radical (unpaired) electrons. The van der Waals surface area contributed by atoms with Crippen molar-refractivity contribution in [2.75, 3.05) is 13.3 Å². The SMILES string of the molecule is O=C(CN1C(=O)C=CC1=O)OCOC(=O)ON1C(=O)CCC1=O. The number of esters is 1. The van der Waals surface area contributed by atoms with Gasteiger partial charge in [-0.15, -0.1) is 0 Å². The lowest BCUT2D eigenvalue weighted by Crippen LogP contribution is -2.36. The molecule has 122 valence electrons. The Balaban J connectivity index is 1.68. The third-order valence-electron chi connectivity index (χ3n) is 2.76. The Kier molecular flexibility index (Phi) is 4.69. The molecule has 2 heterocycles. The van der Waals surface area contributed by atoms with E-state index < -0.39 is 49.1 Å². The number of ether oxygens (including phenoxy) is 2. The first-order valence-corrected chi connectivity index (χ1v) is 6.28. The number of amides is 4. The van der Waals surface area contributed by atoms with Gasteiger partial charge in [-0.2, -0.15) is 0 Å². The molecule has 1 fully saturated rings. The fraction of sp³-hybridized carbons (Fsp3) is 0.333. The zero-order chi connectivity index (χ0) is 17.0. The molecule has 0 saturated carbocycles. The summed E-state index contributed by atoms with van der Waals surface area (Å²) in [6.45, 7) is -1.52. The quantitative estimate of drug-likeness (QED) is 0.340. The second-order valence-electron chi connectivity index (χ2n) is 4.30. The number of hydrogen-bond donors (Lipinski definition) is 0. The summed E-state index contributed by atoms with van der Waals surface area (Å²) in [6.07, 6.45) is 0.414. The molecule has 0 bridgehead atoms. The van der Waals surface area contributed by atoms with Crippen LogP contribution in [0.25, 0.3) is 0 Å². The van der Waals surface area contributed by atoms with E-state index in [1.54, 1.807) is 0 Å². The Morgan fingerprint density at radius 2 is 1.52 bits per heavy atom. The largest absolute Gasteiger partial charge is 0.536 e. The van der Waals surface area contributed by atoms with Crippen LogP contribution in [-0.4, -0.2) is 59.1 Å². The molecule has 0 aliphatic carbocycles. The molecule has 0 unspecified atom stereocenters. The summed E-state index contributed by atoms with van der Waals surface area (Å²) in [5.74, 6) is -3.72. The van der Waals surface area contributed by atoms with Crippen molar-refractivity contribution >= 4 is 35.8 Å². The van der Waals surface area contributed by atoms with E-state index in [2.05, 4.69) is 14.3 Å². The van der Waals surface area contributed by atoms with E-state index in [1.807, 2.05) is 0 Å². The topological polar surface area (TPSA) is 137 Å². The van der Waals surface area contributed by atoms with Crippen LogP contribution in [-0.2, 0) is 38.3 Å². The fourth-order valence-electron chi connectivity index (χ4n) is 1.66. The molecule has 1 saturated heterocycles. The predicted octanol–water partition coefficient (Wildman–Crippen LogP) is -1.37. The number of nitrogens with zero attached hydrogens (tertiary/aromatic N) is 2. The molecule has 4 amide bonds. The van der Waals surface area contributed by atoms with E-state index in [4.69, 9.17) is 0 Å². The van der Waals surface area contributed by atoms with Gasteiger partial charge in [-0.05, 0) is 0 Å². The van der Waals surface area contributed by atoms with Crippen molar-refractivity contribution in [2.45, 2.75) is 12.8 Å². The van der Waals surface area contributed by atoms with Crippen molar-refractivity contribution in [3.63, 3.8) is 0 Å². The second-order valence-corrected chi connectivity index (χ2v) is 4.30. The van der Waals surface area contributed by atoms with Crippen molar-refractivity contribution in [1.29, 1.82) is 0 Å². The lowest BCUT2D eigenvalue weighted by molar-refractivity contribution is -0.182. The minimum absolute atomic E-state index is 0.0764. The summed E-state index contributed by atoms with van der Waals surface area (Å²) >= 11 is 0. The normalized spacial score (nSPS) is 17.0. The van der Waals surface area contributed by atoms with Crippen LogP contribution in [0.3, 0.4) is 0 Å². The molecule has 11 heteroatoms. The number of carbonyl (C=O) groups excluding carboxylic acids is 6. The van der Waals surface area contributed by atoms with Gasteiger partial charge in [-0.3, -0.25) is 33.7 Å². The predicted molar refractivity (Wildman–Crippen MR) is 65.5 cm³/mol. The Morgan fingerprint density at radius 1 is 0.957 bits per heavy atom. The van der Waals surface area contributed by atoms with Gasteiger partial charge >= 0.3 is 12.1 Å². The summed E-state index contributed by atoms with van der Waals surface area (Å²) in [6, 6.07) is 0. The van der Waals surface area contributed by atoms with E-state index in [0.29, 0.717) is 4.90 Å². The minimum Gasteiger partial charge on any atom is -0.426 e. The van der Waals surface area contributed by atoms with Gasteiger partial charge < -0.3 is 9.47 Å². The highest BCUT2D eigenvalue weighted by Crippen LogP contribution is 2.12. The minimum atomic E-state index is -1.42. The number of rotatable bonds is 5. The van der Waals surface area contributed by atoms with Gasteiger partial charge in [0, 0.05) is 25.0 Å². The molecule has 0 aromatic carbocycles. The van der Waals surface area contributed by atoms with Crippen LogP contribution in [0.15, 0.2) is 12.2 Å². The van der Waals surface area contributed by atoms with Gasteiger partial charge in [-0.1, -0.05) is 5.06 Å². The average molecular weight is 326 g/mol. The van der Waals surface area contributed by atoms with Crippen molar-refractivity contribution in [3.05, 3.63) is 12.2 Å². The maximum atomic E-state index is 11.4. The smallest absolute Gasteiger partial charge is 0.426 e. The highest BCUT2D eigenvalue weighted by atomic mass is 16.9. The molecule has 2 rings (SSSR count). The van der Waals surface area contributed by atoms with Gasteiger partial charge in [0.25, 0.3) is 23.6 Å². The molecule has 2 aliphatic rings. The van der Waals surface area contributed by atoms with Crippen LogP contribution in [0.1, 0.15) is 12.8 Å². The van der Waals surface area contributed by atoms with Crippen LogP contribution >= 0.6 is 0 Å². The lowest BCUT2D eigenvalue weighted by atomic mass is 10.4. The first-order chi connectivity index (χ1) is 10.9. The Bertz CT molecular complexity index is 574. The lowest BCUT2D eigenvalue weighted by Gasteiger charge is -2.14. The Labute approximate surface area is 128 Å². The zero-order valence-electron chi connectivity index (χ0n) is 11.6. The van der Waals surface area contributed by atoms with E-state index in [-0.39, 0.29) is 17.9 Å². The Hall–Kier alpha value is -3.24. The molecule has 0 atom stereocenters. The van der Waals surface area contributed by atoms with Gasteiger partial charge in [0.1, 0.15) is 6.54 Å². The van der Waals surface area contributed by atoms with Crippen molar-refractivity contribution in [2.24, 2.45) is 0 Å².